The second-order valence-corrected chi connectivity index (χ2v) is 9.63. The number of urea groups is 1. The molecule has 6 nitrogen and oxygen atoms in total. The van der Waals surface area contributed by atoms with E-state index in [1.807, 2.05) is 68.6 Å². The molecule has 7 heteroatoms. The second kappa shape index (κ2) is 12.2. The number of amides is 3. The zero-order valence-electron chi connectivity index (χ0n) is 21.3. The smallest absolute Gasteiger partial charge is 0.322 e. The molecule has 0 bridgehead atoms. The van der Waals surface area contributed by atoms with E-state index >= 15 is 0 Å². The number of nitrogens with zero attached hydrogens (tertiary/aromatic N) is 2. The van der Waals surface area contributed by atoms with E-state index in [4.69, 9.17) is 0 Å². The van der Waals surface area contributed by atoms with Crippen LogP contribution in [0.5, 0.6) is 0 Å². The molecule has 0 aliphatic rings. The Labute approximate surface area is 217 Å². The van der Waals surface area contributed by atoms with Crippen molar-refractivity contribution < 1.29 is 14.0 Å². The van der Waals surface area contributed by atoms with Crippen LogP contribution in [0.3, 0.4) is 0 Å². The summed E-state index contributed by atoms with van der Waals surface area (Å²) in [5.74, 6) is -0.422. The number of anilines is 1. The number of hydrogen-bond acceptors (Lipinski definition) is 2. The Morgan fingerprint density at radius 3 is 2.46 bits per heavy atom. The molecular formula is C30H33FN4O2. The molecule has 1 heterocycles. The molecule has 37 heavy (non-hydrogen) atoms. The summed E-state index contributed by atoms with van der Waals surface area (Å²) in [5.41, 5.74) is 3.58. The summed E-state index contributed by atoms with van der Waals surface area (Å²) >= 11 is 0. The number of hydrogen-bond donors (Lipinski definition) is 2. The van der Waals surface area contributed by atoms with Gasteiger partial charge in [-0.05, 0) is 47.7 Å². The Kier molecular flexibility index (Phi) is 8.56. The van der Waals surface area contributed by atoms with Crippen molar-refractivity contribution in [1.29, 1.82) is 0 Å². The van der Waals surface area contributed by atoms with Gasteiger partial charge in [-0.25, -0.2) is 9.18 Å². The summed E-state index contributed by atoms with van der Waals surface area (Å²) in [6.45, 7) is 5.27. The molecule has 0 radical (unpaired) electrons. The summed E-state index contributed by atoms with van der Waals surface area (Å²) < 4.78 is 13.6. The van der Waals surface area contributed by atoms with Gasteiger partial charge in [-0.1, -0.05) is 68.4 Å². The summed E-state index contributed by atoms with van der Waals surface area (Å²) in [6, 6.07) is 23.3. The lowest BCUT2D eigenvalue weighted by atomic mass is 10.1. The van der Waals surface area contributed by atoms with Crippen LogP contribution in [0.1, 0.15) is 25.0 Å². The van der Waals surface area contributed by atoms with Crippen LogP contribution in [0, 0.1) is 11.7 Å². The number of para-hydroxylation sites is 1. The quantitative estimate of drug-likeness (QED) is 0.278. The summed E-state index contributed by atoms with van der Waals surface area (Å²) in [6.07, 6.45) is 2.68. The van der Waals surface area contributed by atoms with Gasteiger partial charge in [-0.2, -0.15) is 0 Å². The number of rotatable bonds is 10. The summed E-state index contributed by atoms with van der Waals surface area (Å²) in [4.78, 5) is 33.3. The van der Waals surface area contributed by atoms with Gasteiger partial charge in [0.05, 0.1) is 0 Å². The van der Waals surface area contributed by atoms with Gasteiger partial charge in [0.2, 0.25) is 5.91 Å². The van der Waals surface area contributed by atoms with Crippen LogP contribution < -0.4 is 5.32 Å². The van der Waals surface area contributed by atoms with E-state index in [0.717, 1.165) is 22.0 Å². The first-order valence-electron chi connectivity index (χ1n) is 12.6. The van der Waals surface area contributed by atoms with Crippen molar-refractivity contribution in [1.82, 2.24) is 14.8 Å². The minimum absolute atomic E-state index is 0.0694. The molecule has 192 valence electrons. The van der Waals surface area contributed by atoms with Gasteiger partial charge in [0.1, 0.15) is 12.4 Å². The number of H-pyrrole nitrogens is 1. The van der Waals surface area contributed by atoms with Crippen LogP contribution in [0.25, 0.3) is 10.9 Å². The maximum atomic E-state index is 13.6. The van der Waals surface area contributed by atoms with Crippen LogP contribution in [-0.4, -0.2) is 46.4 Å². The molecule has 2 N–H and O–H groups in total. The highest BCUT2D eigenvalue weighted by Crippen LogP contribution is 2.19. The van der Waals surface area contributed by atoms with E-state index < -0.39 is 11.8 Å². The molecule has 4 rings (SSSR count). The molecule has 0 spiro atoms. The highest BCUT2D eigenvalue weighted by molar-refractivity contribution is 5.92. The number of nitrogens with one attached hydrogen (secondary N) is 2. The van der Waals surface area contributed by atoms with E-state index in [1.54, 1.807) is 11.0 Å². The Morgan fingerprint density at radius 2 is 1.70 bits per heavy atom. The minimum atomic E-state index is -0.435. The first-order valence-corrected chi connectivity index (χ1v) is 12.6. The predicted octanol–water partition coefficient (Wildman–Crippen LogP) is 6.07. The van der Waals surface area contributed by atoms with Crippen LogP contribution in [0.15, 0.2) is 85.1 Å². The number of halogens is 1. The molecule has 4 aromatic rings. The van der Waals surface area contributed by atoms with E-state index in [1.165, 1.54) is 23.1 Å². The van der Waals surface area contributed by atoms with Crippen LogP contribution in [-0.2, 0) is 17.8 Å². The zero-order valence-corrected chi connectivity index (χ0v) is 21.3. The average molecular weight is 501 g/mol. The first kappa shape index (κ1) is 25.9. The fraction of sp³-hybridized carbons (Fsp3) is 0.267. The zero-order chi connectivity index (χ0) is 26.2. The lowest BCUT2D eigenvalue weighted by Crippen LogP contribution is -2.46. The maximum Gasteiger partial charge on any atom is 0.322 e. The fourth-order valence-electron chi connectivity index (χ4n) is 4.38. The molecule has 0 atom stereocenters. The minimum Gasteiger partial charge on any atom is -0.361 e. The first-order chi connectivity index (χ1) is 17.9. The molecule has 3 aromatic carbocycles. The van der Waals surface area contributed by atoms with Gasteiger partial charge in [0, 0.05) is 42.4 Å². The SMILES string of the molecule is CC(C)CN(CC(=O)N(CCc1c[nH]c2ccccc12)Cc1ccccc1)C(=O)Nc1cccc(F)c1. The number of carbonyl (C=O) groups excluding carboxylic acids is 2. The van der Waals surface area contributed by atoms with Gasteiger partial charge >= 0.3 is 6.03 Å². The van der Waals surface area contributed by atoms with Crippen molar-refractivity contribution in [2.45, 2.75) is 26.8 Å². The number of aromatic nitrogens is 1. The van der Waals surface area contributed by atoms with E-state index in [-0.39, 0.29) is 18.4 Å². The van der Waals surface area contributed by atoms with Gasteiger partial charge < -0.3 is 20.1 Å². The Morgan fingerprint density at radius 1 is 0.946 bits per heavy atom. The van der Waals surface area contributed by atoms with E-state index in [9.17, 15) is 14.0 Å². The van der Waals surface area contributed by atoms with Crippen molar-refractivity contribution in [2.75, 3.05) is 25.0 Å². The van der Waals surface area contributed by atoms with E-state index in [0.29, 0.717) is 31.7 Å². The van der Waals surface area contributed by atoms with Crippen molar-refractivity contribution in [2.24, 2.45) is 5.92 Å². The normalized spacial score (nSPS) is 11.0. The Bertz CT molecular complexity index is 1340. The molecular weight excluding hydrogens is 467 g/mol. The third kappa shape index (κ3) is 7.19. The largest absolute Gasteiger partial charge is 0.361 e. The Balaban J connectivity index is 1.50. The topological polar surface area (TPSA) is 68.4 Å². The number of fused-ring (bicyclic) bond motifs is 1. The van der Waals surface area contributed by atoms with Crippen molar-refractivity contribution >= 4 is 28.5 Å². The molecule has 0 saturated carbocycles. The molecule has 3 amide bonds. The monoisotopic (exact) mass is 500 g/mol. The third-order valence-corrected chi connectivity index (χ3v) is 6.17. The lowest BCUT2D eigenvalue weighted by molar-refractivity contribution is -0.132. The highest BCUT2D eigenvalue weighted by Gasteiger charge is 2.23. The fourth-order valence-corrected chi connectivity index (χ4v) is 4.38. The highest BCUT2D eigenvalue weighted by atomic mass is 19.1. The second-order valence-electron chi connectivity index (χ2n) is 9.63. The molecule has 0 unspecified atom stereocenters. The molecule has 1 aromatic heterocycles. The Hall–Kier alpha value is -4.13. The van der Waals surface area contributed by atoms with Crippen LogP contribution in [0.2, 0.25) is 0 Å². The van der Waals surface area contributed by atoms with Crippen LogP contribution in [0.4, 0.5) is 14.9 Å². The molecule has 0 aliphatic heterocycles. The van der Waals surface area contributed by atoms with Crippen molar-refractivity contribution in [3.05, 3.63) is 102 Å². The number of benzene rings is 3. The summed E-state index contributed by atoms with van der Waals surface area (Å²) in [7, 11) is 0. The van der Waals surface area contributed by atoms with Crippen LogP contribution >= 0.6 is 0 Å². The number of carbonyl (C=O) groups is 2. The van der Waals surface area contributed by atoms with Crippen molar-refractivity contribution in [3.63, 3.8) is 0 Å². The summed E-state index contributed by atoms with van der Waals surface area (Å²) in [5, 5.41) is 3.87. The predicted molar refractivity (Wildman–Crippen MR) is 146 cm³/mol. The van der Waals surface area contributed by atoms with Crippen molar-refractivity contribution in [3.8, 4) is 0 Å². The molecule has 0 fully saturated rings. The lowest BCUT2D eigenvalue weighted by Gasteiger charge is -2.29. The number of aromatic amines is 1. The van der Waals surface area contributed by atoms with Gasteiger partial charge in [0.15, 0.2) is 0 Å². The van der Waals surface area contributed by atoms with E-state index in [2.05, 4.69) is 16.4 Å². The standard InChI is InChI=1S/C30H33FN4O2/c1-22(2)19-35(30(37)33-26-12-8-11-25(31)17-26)21-29(36)34(20-23-9-4-3-5-10-23)16-15-24-18-32-28-14-7-6-13-27(24)28/h3-14,17-18,22,32H,15-16,19-21H2,1-2H3,(H,33,37). The van der Waals surface area contributed by atoms with Gasteiger partial charge in [0.25, 0.3) is 0 Å². The molecule has 0 saturated heterocycles. The molecule has 0 aliphatic carbocycles. The average Bonchev–Trinajstić information content (AvgIpc) is 3.29. The maximum absolute atomic E-state index is 13.6. The van der Waals surface area contributed by atoms with Gasteiger partial charge in [-0.15, -0.1) is 0 Å². The van der Waals surface area contributed by atoms with Gasteiger partial charge in [-0.3, -0.25) is 4.79 Å². The third-order valence-electron chi connectivity index (χ3n) is 6.17.